The third-order valence-corrected chi connectivity index (χ3v) is 4.49. The van der Waals surface area contributed by atoms with E-state index in [1.54, 1.807) is 19.1 Å². The fourth-order valence-electron chi connectivity index (χ4n) is 1.33. The first-order valence-electron chi connectivity index (χ1n) is 5.18. The number of nitrogens with one attached hydrogen (secondary N) is 1. The van der Waals surface area contributed by atoms with Crippen LogP contribution >= 0.6 is 15.9 Å². The van der Waals surface area contributed by atoms with E-state index in [1.165, 1.54) is 0 Å². The lowest BCUT2D eigenvalue weighted by atomic mass is 10.1. The van der Waals surface area contributed by atoms with Crippen LogP contribution in [0.1, 0.15) is 12.5 Å². The van der Waals surface area contributed by atoms with Crippen LogP contribution in [-0.4, -0.2) is 26.2 Å². The monoisotopic (exact) mass is 305 g/mol. The van der Waals surface area contributed by atoms with Gasteiger partial charge in [0.2, 0.25) is 0 Å². The number of alkyl halides is 1. The summed E-state index contributed by atoms with van der Waals surface area (Å²) in [5.41, 5.74) is 1.92. The largest absolute Gasteiger partial charge is 0.307 e. The number of halogens is 1. The summed E-state index contributed by atoms with van der Waals surface area (Å²) in [5.74, 6) is 0.150. The van der Waals surface area contributed by atoms with Gasteiger partial charge in [-0.3, -0.25) is 0 Å². The molecule has 0 saturated carbocycles. The molecule has 3 nitrogen and oxygen atoms in total. The van der Waals surface area contributed by atoms with Gasteiger partial charge in [0, 0.05) is 0 Å². The van der Waals surface area contributed by atoms with Gasteiger partial charge in [-0.05, 0) is 30.7 Å². The normalized spacial score (nSPS) is 11.6. The Hall–Kier alpha value is -0.390. The fourth-order valence-corrected chi connectivity index (χ4v) is 2.49. The Labute approximate surface area is 105 Å². The van der Waals surface area contributed by atoms with Gasteiger partial charge in [-0.1, -0.05) is 35.0 Å². The van der Waals surface area contributed by atoms with E-state index < -0.39 is 9.84 Å². The summed E-state index contributed by atoms with van der Waals surface area (Å²) in [6, 6.07) is 7.11. The second kappa shape index (κ2) is 6.37. The summed E-state index contributed by atoms with van der Waals surface area (Å²) < 4.78 is 23.1. The van der Waals surface area contributed by atoms with Crippen molar-refractivity contribution in [2.45, 2.75) is 18.2 Å². The van der Waals surface area contributed by atoms with Crippen molar-refractivity contribution in [3.8, 4) is 0 Å². The summed E-state index contributed by atoms with van der Waals surface area (Å²) in [7, 11) is -3.06. The van der Waals surface area contributed by atoms with Gasteiger partial charge in [0.25, 0.3) is 0 Å². The number of hydrogen-bond acceptors (Lipinski definition) is 3. The molecule has 0 spiro atoms. The lowest BCUT2D eigenvalue weighted by Crippen LogP contribution is -2.14. The molecule has 1 aromatic rings. The minimum Gasteiger partial charge on any atom is -0.307 e. The van der Waals surface area contributed by atoms with E-state index in [9.17, 15) is 8.42 Å². The first-order valence-corrected chi connectivity index (χ1v) is 7.96. The first-order chi connectivity index (χ1) is 7.60. The molecule has 0 heterocycles. The second-order valence-corrected chi connectivity index (χ2v) is 6.27. The van der Waals surface area contributed by atoms with Gasteiger partial charge in [0.15, 0.2) is 9.84 Å². The van der Waals surface area contributed by atoms with Gasteiger partial charge in [-0.15, -0.1) is 0 Å². The standard InChI is InChI=1S/C11H16BrNO2S/c1-2-16(14,15)11-5-3-10(4-6-11)7-8-13-9-12/h3-6,13H,2,7-9H2,1H3. The summed E-state index contributed by atoms with van der Waals surface area (Å²) >= 11 is 3.28. The Balaban J connectivity index is 2.68. The number of hydrogen-bond donors (Lipinski definition) is 1. The van der Waals surface area contributed by atoms with Gasteiger partial charge in [-0.2, -0.15) is 0 Å². The molecule has 0 unspecified atom stereocenters. The summed E-state index contributed by atoms with van der Waals surface area (Å²) in [6.07, 6.45) is 0.901. The van der Waals surface area contributed by atoms with Crippen LogP contribution in [0.15, 0.2) is 29.2 Å². The average Bonchev–Trinajstić information content (AvgIpc) is 2.30. The maximum Gasteiger partial charge on any atom is 0.178 e. The number of sulfone groups is 1. The lowest BCUT2D eigenvalue weighted by molar-refractivity contribution is 0.597. The van der Waals surface area contributed by atoms with Crippen LogP contribution in [0.5, 0.6) is 0 Å². The molecular weight excluding hydrogens is 290 g/mol. The van der Waals surface area contributed by atoms with Crippen molar-refractivity contribution in [2.75, 3.05) is 17.8 Å². The minimum atomic E-state index is -3.06. The molecule has 1 aromatic carbocycles. The molecule has 0 aliphatic heterocycles. The van der Waals surface area contributed by atoms with Gasteiger partial charge in [0.05, 0.1) is 16.1 Å². The van der Waals surface area contributed by atoms with Crippen LogP contribution in [0.2, 0.25) is 0 Å². The van der Waals surface area contributed by atoms with Crippen molar-refractivity contribution in [2.24, 2.45) is 0 Å². The van der Waals surface area contributed by atoms with Crippen LogP contribution in [0.4, 0.5) is 0 Å². The van der Waals surface area contributed by atoms with Gasteiger partial charge in [0.1, 0.15) is 0 Å². The maximum atomic E-state index is 11.6. The zero-order valence-corrected chi connectivity index (χ0v) is 11.6. The van der Waals surface area contributed by atoms with E-state index in [1.807, 2.05) is 12.1 Å². The smallest absolute Gasteiger partial charge is 0.178 e. The highest BCUT2D eigenvalue weighted by atomic mass is 79.9. The maximum absolute atomic E-state index is 11.6. The zero-order chi connectivity index (χ0) is 12.0. The molecule has 0 fully saturated rings. The van der Waals surface area contributed by atoms with Crippen molar-refractivity contribution < 1.29 is 8.42 Å². The van der Waals surface area contributed by atoms with E-state index in [-0.39, 0.29) is 5.75 Å². The van der Waals surface area contributed by atoms with E-state index >= 15 is 0 Å². The molecular formula is C11H16BrNO2S. The van der Waals surface area contributed by atoms with E-state index in [0.717, 1.165) is 24.0 Å². The third kappa shape index (κ3) is 3.88. The number of benzene rings is 1. The molecule has 16 heavy (non-hydrogen) atoms. The number of rotatable bonds is 6. The second-order valence-electron chi connectivity index (χ2n) is 3.43. The van der Waals surface area contributed by atoms with Crippen LogP contribution < -0.4 is 5.32 Å². The molecule has 0 atom stereocenters. The van der Waals surface area contributed by atoms with Crippen molar-refractivity contribution in [1.29, 1.82) is 0 Å². The highest BCUT2D eigenvalue weighted by Gasteiger charge is 2.10. The van der Waals surface area contributed by atoms with Crippen LogP contribution in [-0.2, 0) is 16.3 Å². The predicted molar refractivity (Wildman–Crippen MR) is 69.7 cm³/mol. The molecule has 0 bridgehead atoms. The molecule has 90 valence electrons. The molecule has 0 aromatic heterocycles. The summed E-state index contributed by atoms with van der Waals surface area (Å²) in [6.45, 7) is 2.54. The SMILES string of the molecule is CCS(=O)(=O)c1ccc(CCNCBr)cc1. The van der Waals surface area contributed by atoms with Crippen LogP contribution in [0.25, 0.3) is 0 Å². The van der Waals surface area contributed by atoms with Crippen LogP contribution in [0, 0.1) is 0 Å². The Bertz CT molecular complexity index is 414. The summed E-state index contributed by atoms with van der Waals surface area (Å²) in [4.78, 5) is 0.409. The Morgan fingerprint density at radius 1 is 1.25 bits per heavy atom. The van der Waals surface area contributed by atoms with Crippen molar-refractivity contribution in [3.63, 3.8) is 0 Å². The zero-order valence-electron chi connectivity index (χ0n) is 9.24. The molecule has 0 aliphatic rings. The highest BCUT2D eigenvalue weighted by Crippen LogP contribution is 2.12. The van der Waals surface area contributed by atoms with Crippen molar-refractivity contribution in [3.05, 3.63) is 29.8 Å². The molecule has 1 rings (SSSR count). The minimum absolute atomic E-state index is 0.150. The van der Waals surface area contributed by atoms with Crippen molar-refractivity contribution >= 4 is 25.8 Å². The molecule has 0 saturated heterocycles. The Morgan fingerprint density at radius 2 is 1.88 bits per heavy atom. The molecule has 0 radical (unpaired) electrons. The fraction of sp³-hybridized carbons (Fsp3) is 0.455. The van der Waals surface area contributed by atoms with Gasteiger partial charge in [-0.25, -0.2) is 8.42 Å². The summed E-state index contributed by atoms with van der Waals surface area (Å²) in [5, 5.41) is 3.15. The van der Waals surface area contributed by atoms with E-state index in [0.29, 0.717) is 4.90 Å². The van der Waals surface area contributed by atoms with E-state index in [4.69, 9.17) is 0 Å². The van der Waals surface area contributed by atoms with E-state index in [2.05, 4.69) is 21.2 Å². The predicted octanol–water partition coefficient (Wildman–Crippen LogP) is 1.96. The average molecular weight is 306 g/mol. The van der Waals surface area contributed by atoms with Crippen LogP contribution in [0.3, 0.4) is 0 Å². The lowest BCUT2D eigenvalue weighted by Gasteiger charge is -2.04. The van der Waals surface area contributed by atoms with Gasteiger partial charge >= 0.3 is 0 Å². The Kier molecular flexibility index (Phi) is 5.44. The molecule has 1 N–H and O–H groups in total. The molecule has 0 aliphatic carbocycles. The van der Waals surface area contributed by atoms with Crippen molar-refractivity contribution in [1.82, 2.24) is 5.32 Å². The first kappa shape index (κ1) is 13.7. The Morgan fingerprint density at radius 3 is 2.38 bits per heavy atom. The molecule has 0 amide bonds. The quantitative estimate of drug-likeness (QED) is 0.496. The molecule has 5 heteroatoms. The highest BCUT2D eigenvalue weighted by molar-refractivity contribution is 9.09. The topological polar surface area (TPSA) is 46.2 Å². The third-order valence-electron chi connectivity index (χ3n) is 2.35. The van der Waals surface area contributed by atoms with Gasteiger partial charge < -0.3 is 5.32 Å².